The molecule has 1 aromatic heterocycles. The van der Waals surface area contributed by atoms with Crippen LogP contribution in [-0.4, -0.2) is 47.8 Å². The van der Waals surface area contributed by atoms with Crippen molar-refractivity contribution in [1.82, 2.24) is 15.0 Å². The van der Waals surface area contributed by atoms with Gasteiger partial charge in [0, 0.05) is 25.1 Å². The van der Waals surface area contributed by atoms with Crippen LogP contribution < -0.4 is 4.74 Å². The van der Waals surface area contributed by atoms with Crippen LogP contribution in [0.1, 0.15) is 73.1 Å². The first-order valence-corrected chi connectivity index (χ1v) is 11.1. The molecule has 30 heavy (non-hydrogen) atoms. The van der Waals surface area contributed by atoms with Gasteiger partial charge < -0.3 is 18.9 Å². The highest BCUT2D eigenvalue weighted by molar-refractivity contribution is 5.94. The van der Waals surface area contributed by atoms with Crippen molar-refractivity contribution in [3.8, 4) is 5.75 Å². The maximum atomic E-state index is 13.1. The van der Waals surface area contributed by atoms with Gasteiger partial charge in [-0.1, -0.05) is 18.0 Å². The van der Waals surface area contributed by atoms with Crippen molar-refractivity contribution in [2.45, 2.75) is 57.4 Å². The van der Waals surface area contributed by atoms with Crippen molar-refractivity contribution >= 4 is 5.91 Å². The molecule has 0 N–H and O–H groups in total. The van der Waals surface area contributed by atoms with Gasteiger partial charge in [-0.05, 0) is 62.3 Å². The fraction of sp³-hybridized carbons (Fsp3) is 0.609. The van der Waals surface area contributed by atoms with E-state index < -0.39 is 0 Å². The molecule has 2 aliphatic rings. The molecule has 0 radical (unpaired) electrons. The number of hydrogen-bond acceptors (Lipinski definition) is 6. The van der Waals surface area contributed by atoms with Gasteiger partial charge >= 0.3 is 0 Å². The Morgan fingerprint density at radius 2 is 1.90 bits per heavy atom. The van der Waals surface area contributed by atoms with Crippen LogP contribution in [0.2, 0.25) is 0 Å². The highest BCUT2D eigenvalue weighted by atomic mass is 16.5. The predicted octanol–water partition coefficient (Wildman–Crippen LogP) is 4.19. The number of rotatable bonds is 8. The fourth-order valence-electron chi connectivity index (χ4n) is 4.43. The molecule has 2 fully saturated rings. The van der Waals surface area contributed by atoms with Gasteiger partial charge in [0.25, 0.3) is 5.91 Å². The Balaban J connectivity index is 1.35. The van der Waals surface area contributed by atoms with Gasteiger partial charge in [0.05, 0.1) is 13.7 Å². The summed E-state index contributed by atoms with van der Waals surface area (Å²) in [4.78, 5) is 19.5. The molecule has 4 rings (SSSR count). The van der Waals surface area contributed by atoms with Crippen molar-refractivity contribution < 1.29 is 18.8 Å². The van der Waals surface area contributed by atoms with Crippen LogP contribution in [0.4, 0.5) is 0 Å². The van der Waals surface area contributed by atoms with Gasteiger partial charge in [-0.15, -0.1) is 0 Å². The van der Waals surface area contributed by atoms with E-state index in [1.54, 1.807) is 19.2 Å². The summed E-state index contributed by atoms with van der Waals surface area (Å²) in [5, 5.41) is 4.13. The highest BCUT2D eigenvalue weighted by Gasteiger charge is 2.32. The van der Waals surface area contributed by atoms with Crippen molar-refractivity contribution in [2.75, 3.05) is 26.9 Å². The standard InChI is InChI=1S/C23H31N3O4/c1-28-19-11-9-18(10-12-19)23(27)26-14-5-4-8-20(26)22-24-21(25-30-22)13-15-29-16-17-6-2-3-7-17/h9-12,17,20H,2-8,13-16H2,1H3. The topological polar surface area (TPSA) is 77.7 Å². The van der Waals surface area contributed by atoms with Crippen LogP contribution in [0.15, 0.2) is 28.8 Å². The number of ether oxygens (including phenoxy) is 2. The average molecular weight is 414 g/mol. The van der Waals surface area contributed by atoms with Crippen LogP contribution >= 0.6 is 0 Å². The number of likely N-dealkylation sites (tertiary alicyclic amines) is 1. The number of benzene rings is 1. The normalized spacial score (nSPS) is 19.9. The number of nitrogens with zero attached hydrogens (tertiary/aromatic N) is 3. The van der Waals surface area contributed by atoms with Crippen molar-refractivity contribution in [3.05, 3.63) is 41.5 Å². The third-order valence-electron chi connectivity index (χ3n) is 6.17. The lowest BCUT2D eigenvalue weighted by atomic mass is 10.0. The zero-order valence-electron chi connectivity index (χ0n) is 17.7. The molecule has 2 aromatic rings. The predicted molar refractivity (Wildman–Crippen MR) is 111 cm³/mol. The van der Waals surface area contributed by atoms with E-state index in [1.807, 2.05) is 17.0 Å². The van der Waals surface area contributed by atoms with Gasteiger partial charge in [0.15, 0.2) is 5.82 Å². The lowest BCUT2D eigenvalue weighted by Crippen LogP contribution is -2.38. The van der Waals surface area contributed by atoms with E-state index in [9.17, 15) is 4.79 Å². The van der Waals surface area contributed by atoms with Crippen molar-refractivity contribution in [2.24, 2.45) is 5.92 Å². The van der Waals surface area contributed by atoms with E-state index in [0.29, 0.717) is 42.8 Å². The Morgan fingerprint density at radius 1 is 1.13 bits per heavy atom. The lowest BCUT2D eigenvalue weighted by molar-refractivity contribution is 0.0561. The maximum absolute atomic E-state index is 13.1. The minimum Gasteiger partial charge on any atom is -0.497 e. The molecule has 7 nitrogen and oxygen atoms in total. The number of methoxy groups -OCH3 is 1. The van der Waals surface area contributed by atoms with Crippen LogP contribution in [-0.2, 0) is 11.2 Å². The molecular formula is C23H31N3O4. The fourth-order valence-corrected chi connectivity index (χ4v) is 4.43. The first-order valence-electron chi connectivity index (χ1n) is 11.1. The van der Waals surface area contributed by atoms with Crippen molar-refractivity contribution in [1.29, 1.82) is 0 Å². The van der Waals surface area contributed by atoms with Crippen LogP contribution in [0.25, 0.3) is 0 Å². The minimum absolute atomic E-state index is 0.0120. The van der Waals surface area contributed by atoms with E-state index in [0.717, 1.165) is 31.6 Å². The van der Waals surface area contributed by atoms with Crippen molar-refractivity contribution in [3.63, 3.8) is 0 Å². The molecule has 1 saturated heterocycles. The zero-order chi connectivity index (χ0) is 20.8. The van der Waals surface area contributed by atoms with Crippen LogP contribution in [0.3, 0.4) is 0 Å². The van der Waals surface area contributed by atoms with Gasteiger partial charge in [0.2, 0.25) is 5.89 Å². The number of amides is 1. The van der Waals surface area contributed by atoms with Crippen LogP contribution in [0.5, 0.6) is 5.75 Å². The summed E-state index contributed by atoms with van der Waals surface area (Å²) in [5.41, 5.74) is 0.641. The second-order valence-corrected chi connectivity index (χ2v) is 8.26. The second kappa shape index (κ2) is 10.1. The molecular weight excluding hydrogens is 382 g/mol. The molecule has 1 aromatic carbocycles. The molecule has 1 aliphatic heterocycles. The van der Waals surface area contributed by atoms with E-state index in [4.69, 9.17) is 14.0 Å². The third-order valence-corrected chi connectivity index (χ3v) is 6.17. The second-order valence-electron chi connectivity index (χ2n) is 8.26. The number of piperidine rings is 1. The number of aromatic nitrogens is 2. The number of hydrogen-bond donors (Lipinski definition) is 0. The monoisotopic (exact) mass is 413 g/mol. The van der Waals surface area contributed by atoms with Crippen LogP contribution in [0, 0.1) is 5.92 Å². The summed E-state index contributed by atoms with van der Waals surface area (Å²) in [7, 11) is 1.62. The van der Waals surface area contributed by atoms with Gasteiger partial charge in [-0.2, -0.15) is 4.98 Å². The Kier molecular flexibility index (Phi) is 7.00. The first-order chi connectivity index (χ1) is 14.7. The summed E-state index contributed by atoms with van der Waals surface area (Å²) >= 11 is 0. The number of carbonyl (C=O) groups is 1. The molecule has 1 aliphatic carbocycles. The summed E-state index contributed by atoms with van der Waals surface area (Å²) in [6.07, 6.45) is 8.72. The average Bonchev–Trinajstić information content (AvgIpc) is 3.48. The Morgan fingerprint density at radius 3 is 2.67 bits per heavy atom. The zero-order valence-corrected chi connectivity index (χ0v) is 17.7. The molecule has 162 valence electrons. The number of carbonyl (C=O) groups excluding carboxylic acids is 1. The maximum Gasteiger partial charge on any atom is 0.254 e. The third kappa shape index (κ3) is 5.01. The smallest absolute Gasteiger partial charge is 0.254 e. The SMILES string of the molecule is COc1ccc(C(=O)N2CCCCC2c2nc(CCOCC3CCCC3)no2)cc1. The van der Waals surface area contributed by atoms with Gasteiger partial charge in [-0.3, -0.25) is 4.79 Å². The van der Waals surface area contributed by atoms with Gasteiger partial charge in [-0.25, -0.2) is 0 Å². The molecule has 1 atom stereocenters. The Hall–Kier alpha value is -2.41. The molecule has 1 amide bonds. The summed E-state index contributed by atoms with van der Waals surface area (Å²) in [6.45, 7) is 2.13. The van der Waals surface area contributed by atoms with Gasteiger partial charge in [0.1, 0.15) is 11.8 Å². The lowest BCUT2D eigenvalue weighted by Gasteiger charge is -2.33. The molecule has 1 unspecified atom stereocenters. The Labute approximate surface area is 177 Å². The molecule has 1 saturated carbocycles. The molecule has 2 heterocycles. The molecule has 0 bridgehead atoms. The summed E-state index contributed by atoms with van der Waals surface area (Å²) < 4.78 is 16.6. The van der Waals surface area contributed by atoms with E-state index in [1.165, 1.54) is 25.7 Å². The summed E-state index contributed by atoms with van der Waals surface area (Å²) in [6, 6.07) is 7.04. The Bertz CT molecular complexity index is 814. The summed E-state index contributed by atoms with van der Waals surface area (Å²) in [5.74, 6) is 2.62. The van der Waals surface area contributed by atoms with E-state index in [2.05, 4.69) is 10.1 Å². The largest absolute Gasteiger partial charge is 0.497 e. The molecule has 0 spiro atoms. The van der Waals surface area contributed by atoms with E-state index >= 15 is 0 Å². The minimum atomic E-state index is -0.172. The van der Waals surface area contributed by atoms with E-state index in [-0.39, 0.29) is 11.9 Å². The quantitative estimate of drug-likeness (QED) is 0.604. The highest BCUT2D eigenvalue weighted by Crippen LogP contribution is 2.31. The first kappa shape index (κ1) is 20.8. The molecule has 7 heteroatoms.